The number of nitrogens with zero attached hydrogens (tertiary/aromatic N) is 1. The van der Waals surface area contributed by atoms with E-state index in [-0.39, 0.29) is 11.6 Å². The third kappa shape index (κ3) is 6.56. The number of allylic oxidation sites excluding steroid dienone is 3. The van der Waals surface area contributed by atoms with E-state index in [1.807, 2.05) is 0 Å². The highest BCUT2D eigenvalue weighted by Gasteiger charge is 2.10. The molecular formula is C12H19N3O3S. The van der Waals surface area contributed by atoms with Crippen LogP contribution in [0.4, 0.5) is 0 Å². The molecule has 0 aromatic rings. The Bertz CT molecular complexity index is 543. The van der Waals surface area contributed by atoms with Gasteiger partial charge in [-0.05, 0) is 26.0 Å². The normalized spacial score (nSPS) is 14.2. The number of rotatable bonds is 7. The topological polar surface area (TPSA) is 102 Å². The van der Waals surface area contributed by atoms with Crippen LogP contribution in [0.25, 0.3) is 0 Å². The van der Waals surface area contributed by atoms with Crippen LogP contribution in [0.3, 0.4) is 0 Å². The monoisotopic (exact) mass is 285 g/mol. The summed E-state index contributed by atoms with van der Waals surface area (Å²) >= 11 is 0. The second-order valence-corrected chi connectivity index (χ2v) is 5.83. The minimum atomic E-state index is -3.31. The van der Waals surface area contributed by atoms with Crippen LogP contribution in [-0.4, -0.2) is 33.5 Å². The minimum absolute atomic E-state index is 0.131. The summed E-state index contributed by atoms with van der Waals surface area (Å²) in [6, 6.07) is 0. The van der Waals surface area contributed by atoms with Gasteiger partial charge in [-0.3, -0.25) is 9.79 Å². The fourth-order valence-electron chi connectivity index (χ4n) is 1.13. The quantitative estimate of drug-likeness (QED) is 0.404. The average molecular weight is 285 g/mol. The highest BCUT2D eigenvalue weighted by atomic mass is 32.2. The van der Waals surface area contributed by atoms with Gasteiger partial charge < -0.3 is 11.1 Å². The van der Waals surface area contributed by atoms with Crippen molar-refractivity contribution >= 4 is 22.0 Å². The summed E-state index contributed by atoms with van der Waals surface area (Å²) in [5.74, 6) is -0.512. The molecule has 0 aliphatic rings. The van der Waals surface area contributed by atoms with Gasteiger partial charge in [-0.1, -0.05) is 6.58 Å². The molecule has 0 spiro atoms. The van der Waals surface area contributed by atoms with E-state index in [1.54, 1.807) is 13.8 Å². The van der Waals surface area contributed by atoms with Gasteiger partial charge in [-0.2, -0.15) is 0 Å². The van der Waals surface area contributed by atoms with Crippen molar-refractivity contribution in [3.63, 3.8) is 0 Å². The zero-order valence-corrected chi connectivity index (χ0v) is 12.1. The molecule has 0 rings (SSSR count). The largest absolute Gasteiger partial charge is 0.369 e. The number of carbonyl (C=O) groups is 1. The first-order valence-electron chi connectivity index (χ1n) is 5.44. The first-order chi connectivity index (χ1) is 8.70. The van der Waals surface area contributed by atoms with Crippen LogP contribution in [0.15, 0.2) is 39.9 Å². The molecule has 0 bridgehead atoms. The number of nitrogens with one attached hydrogen (secondary N) is 1. The van der Waals surface area contributed by atoms with Crippen molar-refractivity contribution in [3.05, 3.63) is 34.9 Å². The molecule has 7 heteroatoms. The third-order valence-corrected chi connectivity index (χ3v) is 3.48. The molecule has 0 aliphatic carbocycles. The number of primary amides is 1. The lowest BCUT2D eigenvalue weighted by atomic mass is 10.3. The molecule has 19 heavy (non-hydrogen) atoms. The molecule has 0 unspecified atom stereocenters. The molecule has 0 saturated carbocycles. The third-order valence-electron chi connectivity index (χ3n) is 2.21. The second kappa shape index (κ2) is 7.52. The number of amides is 1. The Balaban J connectivity index is 4.63. The molecule has 6 nitrogen and oxygen atoms in total. The average Bonchev–Trinajstić information content (AvgIpc) is 2.26. The van der Waals surface area contributed by atoms with Crippen LogP contribution in [0.5, 0.6) is 0 Å². The molecule has 0 aromatic heterocycles. The Labute approximate surface area is 113 Å². The first-order valence-corrected chi connectivity index (χ1v) is 7.33. The molecule has 0 aliphatic heterocycles. The van der Waals surface area contributed by atoms with Crippen molar-refractivity contribution < 1.29 is 13.2 Å². The highest BCUT2D eigenvalue weighted by Crippen LogP contribution is 2.09. The van der Waals surface area contributed by atoms with Crippen molar-refractivity contribution in [2.45, 2.75) is 13.8 Å². The lowest BCUT2D eigenvalue weighted by Crippen LogP contribution is -2.16. The summed E-state index contributed by atoms with van der Waals surface area (Å²) < 4.78 is 22.8. The lowest BCUT2D eigenvalue weighted by Gasteiger charge is -2.07. The predicted octanol–water partition coefficient (Wildman–Crippen LogP) is 0.498. The van der Waals surface area contributed by atoms with Crippen LogP contribution in [0, 0.1) is 0 Å². The van der Waals surface area contributed by atoms with Crippen LogP contribution < -0.4 is 11.1 Å². The van der Waals surface area contributed by atoms with Crippen LogP contribution >= 0.6 is 0 Å². The molecule has 0 fully saturated rings. The number of sulfone groups is 1. The van der Waals surface area contributed by atoms with Gasteiger partial charge in [0.05, 0.1) is 4.91 Å². The van der Waals surface area contributed by atoms with Gasteiger partial charge in [0, 0.05) is 23.7 Å². The smallest absolute Gasteiger partial charge is 0.244 e. The molecule has 0 radical (unpaired) electrons. The van der Waals surface area contributed by atoms with E-state index in [1.165, 1.54) is 18.4 Å². The molecule has 106 valence electrons. The van der Waals surface area contributed by atoms with Gasteiger partial charge in [-0.25, -0.2) is 8.42 Å². The summed E-state index contributed by atoms with van der Waals surface area (Å²) in [5, 5.41) is 2.83. The molecule has 0 aromatic carbocycles. The van der Waals surface area contributed by atoms with Gasteiger partial charge in [0.1, 0.15) is 6.67 Å². The zero-order valence-electron chi connectivity index (χ0n) is 11.3. The first kappa shape index (κ1) is 17.1. The maximum absolute atomic E-state index is 11.4. The molecule has 0 atom stereocenters. The molecule has 1 amide bonds. The second-order valence-electron chi connectivity index (χ2n) is 3.85. The Morgan fingerprint density at radius 1 is 1.42 bits per heavy atom. The van der Waals surface area contributed by atoms with Crippen molar-refractivity contribution in [2.24, 2.45) is 10.7 Å². The van der Waals surface area contributed by atoms with Gasteiger partial charge in [0.2, 0.25) is 5.91 Å². The summed E-state index contributed by atoms with van der Waals surface area (Å²) in [4.78, 5) is 14.8. The number of nitrogens with two attached hydrogens (primary N) is 1. The number of hydrogen-bond acceptors (Lipinski definition) is 5. The van der Waals surface area contributed by atoms with Crippen LogP contribution in [0.2, 0.25) is 0 Å². The summed E-state index contributed by atoms with van der Waals surface area (Å²) in [7, 11) is -3.31. The SMILES string of the molecule is C=C/C(=C(\C)NC/N=C\C=C(/C)C(N)=O)S(C)(=O)=O. The Kier molecular flexibility index (Phi) is 6.78. The van der Waals surface area contributed by atoms with E-state index >= 15 is 0 Å². The summed E-state index contributed by atoms with van der Waals surface area (Å²) in [6.07, 6.45) is 5.29. The van der Waals surface area contributed by atoms with Gasteiger partial charge in [0.25, 0.3) is 0 Å². The Morgan fingerprint density at radius 3 is 2.42 bits per heavy atom. The number of aliphatic imine (C=N–C) groups is 1. The lowest BCUT2D eigenvalue weighted by molar-refractivity contribution is -0.114. The Hall–Kier alpha value is -1.89. The van der Waals surface area contributed by atoms with E-state index in [2.05, 4.69) is 16.9 Å². The van der Waals surface area contributed by atoms with Crippen molar-refractivity contribution in [2.75, 3.05) is 12.9 Å². The van der Waals surface area contributed by atoms with Crippen molar-refractivity contribution in [3.8, 4) is 0 Å². The van der Waals surface area contributed by atoms with Crippen LogP contribution in [-0.2, 0) is 14.6 Å². The summed E-state index contributed by atoms with van der Waals surface area (Å²) in [6.45, 7) is 6.84. The van der Waals surface area contributed by atoms with E-state index in [0.29, 0.717) is 11.3 Å². The fraction of sp³-hybridized carbons (Fsp3) is 0.333. The maximum atomic E-state index is 11.4. The van der Waals surface area contributed by atoms with Crippen LogP contribution in [0.1, 0.15) is 13.8 Å². The van der Waals surface area contributed by atoms with Gasteiger partial charge >= 0.3 is 0 Å². The van der Waals surface area contributed by atoms with Crippen molar-refractivity contribution in [1.29, 1.82) is 0 Å². The van der Waals surface area contributed by atoms with E-state index in [0.717, 1.165) is 6.26 Å². The molecule has 0 heterocycles. The molecule has 3 N–H and O–H groups in total. The maximum Gasteiger partial charge on any atom is 0.244 e. The number of carbonyl (C=O) groups excluding carboxylic acids is 1. The van der Waals surface area contributed by atoms with Crippen molar-refractivity contribution in [1.82, 2.24) is 5.32 Å². The van der Waals surface area contributed by atoms with E-state index in [4.69, 9.17) is 5.73 Å². The van der Waals surface area contributed by atoms with E-state index in [9.17, 15) is 13.2 Å². The Morgan fingerprint density at radius 2 is 2.00 bits per heavy atom. The van der Waals surface area contributed by atoms with Gasteiger partial charge in [-0.15, -0.1) is 0 Å². The predicted molar refractivity (Wildman–Crippen MR) is 77.2 cm³/mol. The zero-order chi connectivity index (χ0) is 15.1. The number of hydrogen-bond donors (Lipinski definition) is 2. The van der Waals surface area contributed by atoms with Gasteiger partial charge in [0.15, 0.2) is 9.84 Å². The molecule has 0 saturated heterocycles. The minimum Gasteiger partial charge on any atom is -0.369 e. The molecular weight excluding hydrogens is 266 g/mol. The summed E-state index contributed by atoms with van der Waals surface area (Å²) in [5.41, 5.74) is 5.89. The highest BCUT2D eigenvalue weighted by molar-refractivity contribution is 7.94. The standard InChI is InChI=1S/C12H19N3O3S/c1-5-11(19(4,17)18)10(3)15-8-14-7-6-9(2)12(13)16/h5-7,15H,1,8H2,2-4H3,(H2,13,16)/b9-6+,11-10-,14-7-. The van der Waals surface area contributed by atoms with E-state index < -0.39 is 15.7 Å². The fourth-order valence-corrected chi connectivity index (χ4v) is 2.06.